The molecule has 0 aliphatic heterocycles. The van der Waals surface area contributed by atoms with Crippen LogP contribution in [0.3, 0.4) is 0 Å². The zero-order valence-electron chi connectivity index (χ0n) is 10.1. The highest BCUT2D eigenvalue weighted by Crippen LogP contribution is 2.15. The topological polar surface area (TPSA) is 77.3 Å². The van der Waals surface area contributed by atoms with Gasteiger partial charge in [0, 0.05) is 23.3 Å². The minimum atomic E-state index is -0.875. The number of halogens is 1. The van der Waals surface area contributed by atoms with E-state index in [0.717, 1.165) is 18.2 Å². The van der Waals surface area contributed by atoms with Crippen LogP contribution in [0.5, 0.6) is 0 Å². The largest absolute Gasteiger partial charge is 0.285 e. The number of hydrogen-bond acceptors (Lipinski definition) is 4. The van der Waals surface area contributed by atoms with Crippen molar-refractivity contribution < 1.29 is 18.9 Å². The van der Waals surface area contributed by atoms with Crippen LogP contribution in [0.4, 0.5) is 10.1 Å². The van der Waals surface area contributed by atoms with Crippen molar-refractivity contribution in [1.82, 2.24) is 0 Å². The van der Waals surface area contributed by atoms with Crippen molar-refractivity contribution in [3.8, 4) is 0 Å². The molecule has 0 saturated heterocycles. The number of ketones is 2. The maximum absolute atomic E-state index is 12.7. The van der Waals surface area contributed by atoms with Gasteiger partial charge in [-0.2, -0.15) is 0 Å². The fourth-order valence-electron chi connectivity index (χ4n) is 1.62. The third-order valence-electron chi connectivity index (χ3n) is 2.63. The maximum Gasteiger partial charge on any atom is 0.270 e. The summed E-state index contributed by atoms with van der Waals surface area (Å²) in [6.07, 6.45) is 0. The van der Waals surface area contributed by atoms with Gasteiger partial charge in [0.15, 0.2) is 0 Å². The second-order valence-electron chi connectivity index (χ2n) is 3.97. The summed E-state index contributed by atoms with van der Waals surface area (Å²) >= 11 is 0. The lowest BCUT2D eigenvalue weighted by atomic mass is 10.0. The number of nitro groups is 1. The number of non-ortho nitro benzene ring substituents is 1. The smallest absolute Gasteiger partial charge is 0.270 e. The Morgan fingerprint density at radius 2 is 1.55 bits per heavy atom. The average Bonchev–Trinajstić information content (AvgIpc) is 2.46. The van der Waals surface area contributed by atoms with Gasteiger partial charge in [-0.3, -0.25) is 19.7 Å². The Morgan fingerprint density at radius 1 is 0.950 bits per heavy atom. The normalized spacial score (nSPS) is 10.1. The van der Waals surface area contributed by atoms with Gasteiger partial charge in [-0.1, -0.05) is 12.1 Å². The van der Waals surface area contributed by atoms with Crippen LogP contribution < -0.4 is 0 Å². The van der Waals surface area contributed by atoms with E-state index in [1.807, 2.05) is 0 Å². The molecule has 0 unspecified atom stereocenters. The van der Waals surface area contributed by atoms with Crippen LogP contribution in [-0.4, -0.2) is 16.5 Å². The lowest BCUT2D eigenvalue weighted by Crippen LogP contribution is -2.14. The minimum Gasteiger partial charge on any atom is -0.285 e. The molecule has 0 heterocycles. The molecule has 2 aromatic rings. The van der Waals surface area contributed by atoms with E-state index in [1.54, 1.807) is 0 Å². The molecule has 0 aliphatic carbocycles. The quantitative estimate of drug-likeness (QED) is 0.371. The molecular formula is C14H8FNO4. The molecule has 0 atom stereocenters. The summed E-state index contributed by atoms with van der Waals surface area (Å²) in [6, 6.07) is 9.39. The Kier molecular flexibility index (Phi) is 3.65. The average molecular weight is 273 g/mol. The molecule has 5 nitrogen and oxygen atoms in total. The number of benzene rings is 2. The number of nitrogens with zero attached hydrogens (tertiary/aromatic N) is 1. The van der Waals surface area contributed by atoms with E-state index in [9.17, 15) is 24.1 Å². The molecule has 2 aromatic carbocycles. The lowest BCUT2D eigenvalue weighted by Gasteiger charge is -2.01. The molecule has 0 aromatic heterocycles. The second-order valence-corrected chi connectivity index (χ2v) is 3.97. The molecular weight excluding hydrogens is 265 g/mol. The van der Waals surface area contributed by atoms with E-state index < -0.39 is 22.3 Å². The Bertz CT molecular complexity index is 695. The molecule has 6 heteroatoms. The Labute approximate surface area is 112 Å². The van der Waals surface area contributed by atoms with Crippen LogP contribution in [0.25, 0.3) is 0 Å². The predicted octanol–water partition coefficient (Wildman–Crippen LogP) is 2.80. The van der Waals surface area contributed by atoms with Crippen LogP contribution in [0.1, 0.15) is 20.7 Å². The van der Waals surface area contributed by atoms with E-state index in [0.29, 0.717) is 0 Å². The molecule has 0 N–H and O–H groups in total. The number of nitro benzene ring substituents is 1. The SMILES string of the molecule is O=C(C(=O)c1cccc([N+](=O)[O-])c1)c1ccc(F)cc1. The molecule has 0 radical (unpaired) electrons. The van der Waals surface area contributed by atoms with Crippen LogP contribution >= 0.6 is 0 Å². The minimum absolute atomic E-state index is 0.0305. The Hall–Kier alpha value is -2.89. The van der Waals surface area contributed by atoms with Crippen LogP contribution in [0.15, 0.2) is 48.5 Å². The van der Waals surface area contributed by atoms with Gasteiger partial charge in [0.2, 0.25) is 11.6 Å². The lowest BCUT2D eigenvalue weighted by molar-refractivity contribution is -0.384. The first-order valence-corrected chi connectivity index (χ1v) is 5.58. The van der Waals surface area contributed by atoms with Crippen LogP contribution in [-0.2, 0) is 0 Å². The first-order valence-electron chi connectivity index (χ1n) is 5.58. The van der Waals surface area contributed by atoms with Gasteiger partial charge in [-0.05, 0) is 24.3 Å². The fraction of sp³-hybridized carbons (Fsp3) is 0. The summed E-state index contributed by atoms with van der Waals surface area (Å²) in [5, 5.41) is 10.6. The zero-order valence-corrected chi connectivity index (χ0v) is 10.1. The van der Waals surface area contributed by atoms with Gasteiger partial charge >= 0.3 is 0 Å². The van der Waals surface area contributed by atoms with E-state index in [-0.39, 0.29) is 16.8 Å². The summed E-state index contributed by atoms with van der Waals surface area (Å²) in [5.41, 5.74) is -0.320. The summed E-state index contributed by atoms with van der Waals surface area (Å²) in [7, 11) is 0. The van der Waals surface area contributed by atoms with E-state index in [1.165, 1.54) is 30.3 Å². The standard InChI is InChI=1S/C14H8FNO4/c15-11-6-4-9(5-7-11)13(17)14(18)10-2-1-3-12(8-10)16(19)20/h1-8H. The number of carbonyl (C=O) groups excluding carboxylic acids is 2. The molecule has 0 spiro atoms. The van der Waals surface area contributed by atoms with Gasteiger partial charge in [-0.15, -0.1) is 0 Å². The first-order chi connectivity index (χ1) is 9.49. The van der Waals surface area contributed by atoms with Crippen molar-refractivity contribution >= 4 is 17.3 Å². The fourth-order valence-corrected chi connectivity index (χ4v) is 1.62. The van der Waals surface area contributed by atoms with Crippen molar-refractivity contribution in [2.75, 3.05) is 0 Å². The number of hydrogen-bond donors (Lipinski definition) is 0. The van der Waals surface area contributed by atoms with Crippen molar-refractivity contribution in [3.63, 3.8) is 0 Å². The predicted molar refractivity (Wildman–Crippen MR) is 68.2 cm³/mol. The molecule has 2 rings (SSSR count). The Morgan fingerprint density at radius 3 is 2.15 bits per heavy atom. The maximum atomic E-state index is 12.7. The van der Waals surface area contributed by atoms with E-state index in [4.69, 9.17) is 0 Å². The van der Waals surface area contributed by atoms with Gasteiger partial charge in [-0.25, -0.2) is 4.39 Å². The number of rotatable bonds is 4. The highest BCUT2D eigenvalue weighted by atomic mass is 19.1. The molecule has 0 saturated carbocycles. The molecule has 100 valence electrons. The van der Waals surface area contributed by atoms with Crippen molar-refractivity contribution in [2.45, 2.75) is 0 Å². The van der Waals surface area contributed by atoms with E-state index in [2.05, 4.69) is 0 Å². The number of Topliss-reactive ketones (excluding diaryl/α,β-unsaturated/α-hetero) is 2. The highest BCUT2D eigenvalue weighted by Gasteiger charge is 2.20. The van der Waals surface area contributed by atoms with Gasteiger partial charge < -0.3 is 0 Å². The third kappa shape index (κ3) is 2.74. The summed E-state index contributed by atoms with van der Waals surface area (Å²) in [5.74, 6) is -2.24. The second kappa shape index (κ2) is 5.40. The monoisotopic (exact) mass is 273 g/mol. The molecule has 0 amide bonds. The summed E-state index contributed by atoms with van der Waals surface area (Å²) in [4.78, 5) is 33.8. The summed E-state index contributed by atoms with van der Waals surface area (Å²) in [6.45, 7) is 0. The molecule has 20 heavy (non-hydrogen) atoms. The zero-order chi connectivity index (χ0) is 14.7. The van der Waals surface area contributed by atoms with Gasteiger partial charge in [0.05, 0.1) is 4.92 Å². The van der Waals surface area contributed by atoms with E-state index >= 15 is 0 Å². The molecule has 0 aliphatic rings. The van der Waals surface area contributed by atoms with Crippen LogP contribution in [0.2, 0.25) is 0 Å². The van der Waals surface area contributed by atoms with Crippen molar-refractivity contribution in [2.24, 2.45) is 0 Å². The highest BCUT2D eigenvalue weighted by molar-refractivity contribution is 6.49. The van der Waals surface area contributed by atoms with Gasteiger partial charge in [0.25, 0.3) is 5.69 Å². The van der Waals surface area contributed by atoms with Crippen molar-refractivity contribution in [1.29, 1.82) is 0 Å². The first kappa shape index (κ1) is 13.5. The molecule has 0 bridgehead atoms. The van der Waals surface area contributed by atoms with Gasteiger partial charge in [0.1, 0.15) is 5.82 Å². The molecule has 0 fully saturated rings. The van der Waals surface area contributed by atoms with Crippen LogP contribution in [0, 0.1) is 15.9 Å². The number of carbonyl (C=O) groups is 2. The third-order valence-corrected chi connectivity index (χ3v) is 2.63. The Balaban J connectivity index is 2.31. The summed E-state index contributed by atoms with van der Waals surface area (Å²) < 4.78 is 12.7. The van der Waals surface area contributed by atoms with Crippen molar-refractivity contribution in [3.05, 3.63) is 75.6 Å².